The Morgan fingerprint density at radius 3 is 2.37 bits per heavy atom. The molecule has 9 heteroatoms. The molecular formula is C26H35FN6O2. The number of halogens is 1. The molecule has 0 aliphatic heterocycles. The zero-order chi connectivity index (χ0) is 25.6. The van der Waals surface area contributed by atoms with Crippen LogP contribution in [0.3, 0.4) is 0 Å². The van der Waals surface area contributed by atoms with Crippen molar-refractivity contribution in [1.29, 1.82) is 0 Å². The van der Waals surface area contributed by atoms with Crippen LogP contribution in [0.5, 0.6) is 5.75 Å². The summed E-state index contributed by atoms with van der Waals surface area (Å²) in [6.07, 6.45) is 8.87. The summed E-state index contributed by atoms with van der Waals surface area (Å²) < 4.78 is 14.5. The van der Waals surface area contributed by atoms with Gasteiger partial charge in [0, 0.05) is 18.9 Å². The van der Waals surface area contributed by atoms with Crippen molar-refractivity contribution in [2.24, 2.45) is 16.6 Å². The molecule has 188 valence electrons. The van der Waals surface area contributed by atoms with Crippen LogP contribution in [0.1, 0.15) is 67.6 Å². The third-order valence-corrected chi connectivity index (χ3v) is 5.40. The van der Waals surface area contributed by atoms with Crippen LogP contribution in [-0.2, 0) is 0 Å². The molecule has 2 heterocycles. The number of carbonyl (C=O) groups is 1. The standard InChI is InChI=1S/C20H28FN5O2.C6H7N/c1-3-7-13(8-4-2)11-12-23-20(28)17-16(21)19(26-25-17)24-18(22)14-9-5-6-10-15(14)27;1-6-2-4-7-5-3-6/h5-6,9-10,13,27H,3-4,7-8,11-12H2,1-2H3,(H,23,28)(H3,22,24,25,26);2-5H,1H3. The number of rotatable bonds is 10. The van der Waals surface area contributed by atoms with E-state index in [0.29, 0.717) is 12.5 Å². The van der Waals surface area contributed by atoms with Crippen molar-refractivity contribution < 1.29 is 14.3 Å². The van der Waals surface area contributed by atoms with Gasteiger partial charge in [-0.3, -0.25) is 14.9 Å². The van der Waals surface area contributed by atoms with Crippen LogP contribution in [0.4, 0.5) is 10.2 Å². The number of aromatic nitrogens is 3. The van der Waals surface area contributed by atoms with Gasteiger partial charge in [-0.25, -0.2) is 9.38 Å². The monoisotopic (exact) mass is 482 g/mol. The van der Waals surface area contributed by atoms with E-state index in [1.54, 1.807) is 30.6 Å². The quantitative estimate of drug-likeness (QED) is 0.238. The van der Waals surface area contributed by atoms with Crippen molar-refractivity contribution in [3.8, 4) is 5.75 Å². The molecule has 8 nitrogen and oxygen atoms in total. The van der Waals surface area contributed by atoms with Crippen LogP contribution in [0.2, 0.25) is 0 Å². The van der Waals surface area contributed by atoms with Crippen molar-refractivity contribution in [2.75, 3.05) is 6.54 Å². The van der Waals surface area contributed by atoms with Crippen LogP contribution in [-0.4, -0.2) is 38.6 Å². The molecule has 0 saturated heterocycles. The second kappa shape index (κ2) is 14.5. The Balaban J connectivity index is 0.000000527. The predicted molar refractivity (Wildman–Crippen MR) is 136 cm³/mol. The van der Waals surface area contributed by atoms with Gasteiger partial charge in [-0.2, -0.15) is 5.10 Å². The maximum Gasteiger partial charge on any atom is 0.272 e. The molecule has 0 unspecified atom stereocenters. The number of para-hydroxylation sites is 1. The highest BCUT2D eigenvalue weighted by molar-refractivity contribution is 6.01. The van der Waals surface area contributed by atoms with Crippen molar-refractivity contribution in [3.63, 3.8) is 0 Å². The van der Waals surface area contributed by atoms with Gasteiger partial charge in [0.25, 0.3) is 5.91 Å². The number of aryl methyl sites for hydroxylation is 1. The maximum absolute atomic E-state index is 14.5. The van der Waals surface area contributed by atoms with E-state index in [9.17, 15) is 14.3 Å². The molecule has 1 amide bonds. The lowest BCUT2D eigenvalue weighted by molar-refractivity contribution is 0.0942. The Hall–Kier alpha value is -3.75. The summed E-state index contributed by atoms with van der Waals surface area (Å²) in [6.45, 7) is 6.80. The van der Waals surface area contributed by atoms with Crippen molar-refractivity contribution >= 4 is 17.6 Å². The molecule has 2 aromatic heterocycles. The Labute approximate surface area is 205 Å². The van der Waals surface area contributed by atoms with Crippen LogP contribution in [0.15, 0.2) is 53.8 Å². The summed E-state index contributed by atoms with van der Waals surface area (Å²) in [5.74, 6) is -1.40. The average Bonchev–Trinajstić information content (AvgIpc) is 3.20. The van der Waals surface area contributed by atoms with Crippen molar-refractivity contribution in [1.82, 2.24) is 20.5 Å². The third-order valence-electron chi connectivity index (χ3n) is 5.40. The first kappa shape index (κ1) is 27.5. The molecule has 0 spiro atoms. The van der Waals surface area contributed by atoms with E-state index in [2.05, 4.69) is 39.3 Å². The molecule has 3 aromatic rings. The molecule has 0 aliphatic rings. The molecule has 35 heavy (non-hydrogen) atoms. The van der Waals surface area contributed by atoms with Crippen LogP contribution in [0.25, 0.3) is 0 Å². The number of nitrogens with zero attached hydrogens (tertiary/aromatic N) is 3. The number of carbonyl (C=O) groups excluding carboxylic acids is 1. The van der Waals surface area contributed by atoms with Crippen LogP contribution < -0.4 is 11.1 Å². The summed E-state index contributed by atoms with van der Waals surface area (Å²) in [5, 5.41) is 18.6. The normalized spacial score (nSPS) is 11.2. The Morgan fingerprint density at radius 1 is 1.14 bits per heavy atom. The molecule has 0 aliphatic carbocycles. The fourth-order valence-electron chi connectivity index (χ4n) is 3.56. The van der Waals surface area contributed by atoms with Gasteiger partial charge in [-0.15, -0.1) is 0 Å². The van der Waals surface area contributed by atoms with Gasteiger partial charge in [0.15, 0.2) is 11.5 Å². The number of nitrogens with one attached hydrogen (secondary N) is 2. The summed E-state index contributed by atoms with van der Waals surface area (Å²) in [6, 6.07) is 10.2. The summed E-state index contributed by atoms with van der Waals surface area (Å²) in [5.41, 5.74) is 7.05. The zero-order valence-corrected chi connectivity index (χ0v) is 20.6. The number of amides is 1. The number of hydrogen-bond acceptors (Lipinski definition) is 5. The third kappa shape index (κ3) is 8.84. The minimum atomic E-state index is -0.880. The summed E-state index contributed by atoms with van der Waals surface area (Å²) >= 11 is 0. The molecular weight excluding hydrogens is 447 g/mol. The van der Waals surface area contributed by atoms with E-state index in [4.69, 9.17) is 5.73 Å². The predicted octanol–water partition coefficient (Wildman–Crippen LogP) is 5.02. The van der Waals surface area contributed by atoms with Gasteiger partial charge >= 0.3 is 0 Å². The van der Waals surface area contributed by atoms with Crippen LogP contribution >= 0.6 is 0 Å². The maximum atomic E-state index is 14.5. The summed E-state index contributed by atoms with van der Waals surface area (Å²) in [4.78, 5) is 20.0. The van der Waals surface area contributed by atoms with E-state index in [1.165, 1.54) is 11.6 Å². The van der Waals surface area contributed by atoms with Gasteiger partial charge in [0.1, 0.15) is 11.6 Å². The minimum absolute atomic E-state index is 0.0774. The fraction of sp³-hybridized carbons (Fsp3) is 0.385. The zero-order valence-electron chi connectivity index (χ0n) is 20.6. The smallest absolute Gasteiger partial charge is 0.272 e. The van der Waals surface area contributed by atoms with E-state index < -0.39 is 11.7 Å². The van der Waals surface area contributed by atoms with E-state index in [0.717, 1.165) is 32.1 Å². The van der Waals surface area contributed by atoms with Crippen molar-refractivity contribution in [2.45, 2.75) is 52.9 Å². The number of amidine groups is 1. The Morgan fingerprint density at radius 2 is 1.80 bits per heavy atom. The molecule has 0 fully saturated rings. The number of H-pyrrole nitrogens is 1. The molecule has 0 atom stereocenters. The number of phenols is 1. The lowest BCUT2D eigenvalue weighted by atomic mass is 9.95. The lowest BCUT2D eigenvalue weighted by Crippen LogP contribution is -2.27. The van der Waals surface area contributed by atoms with E-state index in [-0.39, 0.29) is 28.7 Å². The van der Waals surface area contributed by atoms with Gasteiger partial charge < -0.3 is 16.2 Å². The second-order valence-corrected chi connectivity index (χ2v) is 8.26. The minimum Gasteiger partial charge on any atom is -0.507 e. The number of pyridine rings is 1. The lowest BCUT2D eigenvalue weighted by Gasteiger charge is -2.15. The molecule has 1 aromatic carbocycles. The van der Waals surface area contributed by atoms with E-state index >= 15 is 0 Å². The first-order valence-electron chi connectivity index (χ1n) is 11.9. The highest BCUT2D eigenvalue weighted by Gasteiger charge is 2.20. The van der Waals surface area contributed by atoms with Gasteiger partial charge in [0.2, 0.25) is 5.82 Å². The van der Waals surface area contributed by atoms with Crippen LogP contribution in [0, 0.1) is 18.7 Å². The number of aromatic amines is 1. The van der Waals surface area contributed by atoms with Gasteiger partial charge in [-0.1, -0.05) is 51.7 Å². The number of benzene rings is 1. The highest BCUT2D eigenvalue weighted by atomic mass is 19.1. The SMILES string of the molecule is CCCC(CCC)CCNC(=O)c1[nH]nc(N=C(N)c2ccccc2O)c1F.Cc1ccncc1. The first-order valence-corrected chi connectivity index (χ1v) is 11.9. The number of hydrogen-bond donors (Lipinski definition) is 4. The molecule has 0 radical (unpaired) electrons. The van der Waals surface area contributed by atoms with Crippen molar-refractivity contribution in [3.05, 3.63) is 71.4 Å². The summed E-state index contributed by atoms with van der Waals surface area (Å²) in [7, 11) is 0. The number of nitrogens with two attached hydrogens (primary N) is 1. The van der Waals surface area contributed by atoms with Gasteiger partial charge in [-0.05, 0) is 49.1 Å². The second-order valence-electron chi connectivity index (χ2n) is 8.26. The van der Waals surface area contributed by atoms with Gasteiger partial charge in [0.05, 0.1) is 5.56 Å². The fourth-order valence-corrected chi connectivity index (χ4v) is 3.56. The number of aromatic hydroxyl groups is 1. The van der Waals surface area contributed by atoms with E-state index in [1.807, 2.05) is 19.1 Å². The Bertz CT molecular complexity index is 1080. The first-order chi connectivity index (χ1) is 16.9. The molecule has 5 N–H and O–H groups in total. The Kier molecular flexibility index (Phi) is 11.4. The topological polar surface area (TPSA) is 129 Å². The molecule has 3 rings (SSSR count). The number of aliphatic imine (C=N–C) groups is 1. The average molecular weight is 483 g/mol. The molecule has 0 saturated carbocycles. The molecule has 0 bridgehead atoms. The number of phenolic OH excluding ortho intramolecular Hbond substituents is 1. The highest BCUT2D eigenvalue weighted by Crippen LogP contribution is 2.21. The largest absolute Gasteiger partial charge is 0.507 e.